The number of rotatable bonds is 1. The first-order chi connectivity index (χ1) is 8.68. The van der Waals surface area contributed by atoms with Crippen molar-refractivity contribution in [3.63, 3.8) is 0 Å². The van der Waals surface area contributed by atoms with Crippen LogP contribution in [0.25, 0.3) is 0 Å². The Bertz CT molecular complexity index is 306. The maximum absolute atomic E-state index is 12.5. The fourth-order valence-corrected chi connectivity index (χ4v) is 3.18. The quantitative estimate of drug-likeness (QED) is 0.718. The third kappa shape index (κ3) is 3.33. The van der Waals surface area contributed by atoms with Gasteiger partial charge in [0.25, 0.3) is 0 Å². The fraction of sp³-hybridized carbons (Fsp3) is 0.867. The van der Waals surface area contributed by atoms with Gasteiger partial charge in [-0.05, 0) is 12.8 Å². The normalized spacial score (nSPS) is 27.7. The highest BCUT2D eigenvalue weighted by Gasteiger charge is 2.30. The molecule has 1 aliphatic heterocycles. The molecule has 2 aliphatic rings. The summed E-state index contributed by atoms with van der Waals surface area (Å²) in [7, 11) is 0. The molecule has 0 aromatic rings. The molecule has 0 spiro atoms. The van der Waals surface area contributed by atoms with Crippen molar-refractivity contribution in [1.82, 2.24) is 4.90 Å². The van der Waals surface area contributed by atoms with Gasteiger partial charge in [0.2, 0.25) is 5.91 Å². The third-order valence-electron chi connectivity index (χ3n) is 4.44. The summed E-state index contributed by atoms with van der Waals surface area (Å²) in [5.74, 6) is 0.898. The lowest BCUT2D eigenvalue weighted by atomic mass is 9.89. The Balaban J connectivity index is 1.90. The van der Waals surface area contributed by atoms with Crippen LogP contribution in [0.15, 0.2) is 0 Å². The van der Waals surface area contributed by atoms with Crippen LogP contribution < -0.4 is 0 Å². The maximum Gasteiger partial charge on any atom is 0.225 e. The first-order valence-corrected chi connectivity index (χ1v) is 7.50. The van der Waals surface area contributed by atoms with Gasteiger partial charge in [-0.3, -0.25) is 9.59 Å². The minimum atomic E-state index is 0.0382. The van der Waals surface area contributed by atoms with Crippen LogP contribution in [0, 0.1) is 11.8 Å². The Labute approximate surface area is 110 Å². The zero-order chi connectivity index (χ0) is 13.0. The first kappa shape index (κ1) is 13.6. The topological polar surface area (TPSA) is 37.4 Å². The minimum absolute atomic E-state index is 0.0382. The molecule has 1 unspecified atom stereocenters. The lowest BCUT2D eigenvalue weighted by Crippen LogP contribution is -2.45. The summed E-state index contributed by atoms with van der Waals surface area (Å²) < 4.78 is 0. The van der Waals surface area contributed by atoms with Crippen LogP contribution >= 0.6 is 0 Å². The van der Waals surface area contributed by atoms with E-state index in [4.69, 9.17) is 0 Å². The molecule has 18 heavy (non-hydrogen) atoms. The molecule has 0 radical (unpaired) electrons. The summed E-state index contributed by atoms with van der Waals surface area (Å²) in [6.45, 7) is 3.24. The van der Waals surface area contributed by atoms with E-state index in [1.165, 1.54) is 32.1 Å². The number of hydrogen-bond donors (Lipinski definition) is 0. The Kier molecular flexibility index (Phi) is 4.79. The molecule has 0 bridgehead atoms. The molecule has 3 heteroatoms. The summed E-state index contributed by atoms with van der Waals surface area (Å²) in [5, 5.41) is 0. The molecule has 3 nitrogen and oxygen atoms in total. The third-order valence-corrected chi connectivity index (χ3v) is 4.44. The number of ketones is 1. The van der Waals surface area contributed by atoms with Crippen molar-refractivity contribution >= 4 is 11.7 Å². The highest BCUT2D eigenvalue weighted by Crippen LogP contribution is 2.25. The first-order valence-electron chi connectivity index (χ1n) is 7.50. The molecule has 1 amide bonds. The molecule has 1 aliphatic carbocycles. The summed E-state index contributed by atoms with van der Waals surface area (Å²) in [4.78, 5) is 25.9. The van der Waals surface area contributed by atoms with Crippen LogP contribution in [-0.2, 0) is 9.59 Å². The lowest BCUT2D eigenvalue weighted by Gasteiger charge is -2.33. The van der Waals surface area contributed by atoms with Gasteiger partial charge in [-0.25, -0.2) is 0 Å². The SMILES string of the molecule is CC1CN(C(=O)C2CCCCCCC2)CCC1=O. The van der Waals surface area contributed by atoms with E-state index < -0.39 is 0 Å². The average molecular weight is 251 g/mol. The lowest BCUT2D eigenvalue weighted by molar-refractivity contribution is -0.140. The molecule has 2 rings (SSSR count). The number of likely N-dealkylation sites (tertiary alicyclic amines) is 1. The van der Waals surface area contributed by atoms with Gasteiger partial charge in [0.05, 0.1) is 0 Å². The number of amides is 1. The molecular formula is C15H25NO2. The predicted octanol–water partition coefficient (Wildman–Crippen LogP) is 2.78. The average Bonchev–Trinajstić information content (AvgIpc) is 2.31. The van der Waals surface area contributed by atoms with Crippen molar-refractivity contribution in [3.8, 4) is 0 Å². The van der Waals surface area contributed by atoms with Crippen LogP contribution in [0.2, 0.25) is 0 Å². The number of carbonyl (C=O) groups excluding carboxylic acids is 2. The second kappa shape index (κ2) is 6.35. The minimum Gasteiger partial charge on any atom is -0.341 e. The summed E-state index contributed by atoms with van der Waals surface area (Å²) in [6, 6.07) is 0. The molecule has 1 atom stereocenters. The molecular weight excluding hydrogens is 226 g/mol. The van der Waals surface area contributed by atoms with Crippen LogP contribution in [0.4, 0.5) is 0 Å². The van der Waals surface area contributed by atoms with Crippen molar-refractivity contribution in [1.29, 1.82) is 0 Å². The van der Waals surface area contributed by atoms with Crippen LogP contribution in [0.5, 0.6) is 0 Å². The molecule has 0 N–H and O–H groups in total. The highest BCUT2D eigenvalue weighted by atomic mass is 16.2. The molecule has 1 saturated carbocycles. The van der Waals surface area contributed by atoms with Gasteiger partial charge in [0, 0.05) is 31.3 Å². The van der Waals surface area contributed by atoms with Crippen molar-refractivity contribution < 1.29 is 9.59 Å². The zero-order valence-electron chi connectivity index (χ0n) is 11.5. The molecule has 102 valence electrons. The van der Waals surface area contributed by atoms with E-state index in [0.717, 1.165) is 12.8 Å². The largest absolute Gasteiger partial charge is 0.341 e. The summed E-state index contributed by atoms with van der Waals surface area (Å²) in [6.07, 6.45) is 8.93. The van der Waals surface area contributed by atoms with Crippen molar-refractivity contribution in [2.75, 3.05) is 13.1 Å². The number of piperidine rings is 1. The zero-order valence-corrected chi connectivity index (χ0v) is 11.5. The number of Topliss-reactive ketones (excluding diaryl/α,β-unsaturated/α-hetero) is 1. The summed E-state index contributed by atoms with van der Waals surface area (Å²) >= 11 is 0. The smallest absolute Gasteiger partial charge is 0.225 e. The van der Waals surface area contributed by atoms with Gasteiger partial charge in [0.1, 0.15) is 5.78 Å². The Morgan fingerprint density at radius 3 is 2.33 bits per heavy atom. The van der Waals surface area contributed by atoms with Crippen molar-refractivity contribution in [2.45, 2.75) is 58.3 Å². The van der Waals surface area contributed by atoms with E-state index in [9.17, 15) is 9.59 Å². The molecule has 0 aromatic carbocycles. The Morgan fingerprint density at radius 1 is 1.11 bits per heavy atom. The predicted molar refractivity (Wildman–Crippen MR) is 71.2 cm³/mol. The highest BCUT2D eigenvalue weighted by molar-refractivity contribution is 5.85. The van der Waals surface area contributed by atoms with E-state index in [1.807, 2.05) is 11.8 Å². The van der Waals surface area contributed by atoms with E-state index in [-0.39, 0.29) is 11.8 Å². The van der Waals surface area contributed by atoms with Crippen molar-refractivity contribution in [2.24, 2.45) is 11.8 Å². The van der Waals surface area contributed by atoms with E-state index >= 15 is 0 Å². The standard InChI is InChI=1S/C15H25NO2/c1-12-11-16(10-9-14(12)17)15(18)13-7-5-3-2-4-6-8-13/h12-13H,2-11H2,1H3. The number of hydrogen-bond acceptors (Lipinski definition) is 2. The fourth-order valence-electron chi connectivity index (χ4n) is 3.18. The Hall–Kier alpha value is -0.860. The van der Waals surface area contributed by atoms with Crippen LogP contribution in [-0.4, -0.2) is 29.7 Å². The second-order valence-corrected chi connectivity index (χ2v) is 5.94. The maximum atomic E-state index is 12.5. The molecule has 1 saturated heterocycles. The molecule has 2 fully saturated rings. The van der Waals surface area contributed by atoms with Gasteiger partial charge in [0.15, 0.2) is 0 Å². The van der Waals surface area contributed by atoms with Crippen LogP contribution in [0.3, 0.4) is 0 Å². The van der Waals surface area contributed by atoms with E-state index in [1.54, 1.807) is 0 Å². The molecule has 0 aromatic heterocycles. The van der Waals surface area contributed by atoms with Gasteiger partial charge >= 0.3 is 0 Å². The van der Waals surface area contributed by atoms with Gasteiger partial charge < -0.3 is 4.90 Å². The van der Waals surface area contributed by atoms with E-state index in [2.05, 4.69) is 0 Å². The van der Waals surface area contributed by atoms with Gasteiger partial charge in [-0.1, -0.05) is 39.0 Å². The van der Waals surface area contributed by atoms with E-state index in [0.29, 0.717) is 31.2 Å². The Morgan fingerprint density at radius 2 is 1.72 bits per heavy atom. The van der Waals surface area contributed by atoms with Crippen LogP contribution in [0.1, 0.15) is 58.3 Å². The molecule has 1 heterocycles. The van der Waals surface area contributed by atoms with Crippen molar-refractivity contribution in [3.05, 3.63) is 0 Å². The number of nitrogens with zero attached hydrogens (tertiary/aromatic N) is 1. The second-order valence-electron chi connectivity index (χ2n) is 5.94. The number of carbonyl (C=O) groups is 2. The van der Waals surface area contributed by atoms with Gasteiger partial charge in [-0.15, -0.1) is 0 Å². The monoisotopic (exact) mass is 251 g/mol. The van der Waals surface area contributed by atoms with Gasteiger partial charge in [-0.2, -0.15) is 0 Å². The summed E-state index contributed by atoms with van der Waals surface area (Å²) in [5.41, 5.74) is 0.